The second-order valence-electron chi connectivity index (χ2n) is 15.2. The maximum absolute atomic E-state index is 2.56. The van der Waals surface area contributed by atoms with E-state index in [2.05, 4.69) is 193 Å². The number of aromatic nitrogens is 1. The normalized spacial score (nSPS) is 14.1. The highest BCUT2D eigenvalue weighted by Crippen LogP contribution is 2.51. The summed E-state index contributed by atoms with van der Waals surface area (Å²) in [6, 6.07) is 62.6. The second-order valence-corrected chi connectivity index (χ2v) is 15.2. The smallest absolute Gasteiger partial charge is 0.0534 e. The summed E-state index contributed by atoms with van der Waals surface area (Å²) in [4.78, 5) is 2.41. The fourth-order valence-electron chi connectivity index (χ4n) is 9.10. The van der Waals surface area contributed by atoms with E-state index in [0.29, 0.717) is 0 Å². The lowest BCUT2D eigenvalue weighted by Crippen LogP contribution is -2.17. The van der Waals surface area contributed by atoms with Crippen molar-refractivity contribution in [2.24, 2.45) is 0 Å². The third kappa shape index (κ3) is 5.24. The van der Waals surface area contributed by atoms with E-state index in [1.54, 1.807) is 5.56 Å². The molecule has 0 radical (unpaired) electrons. The largest absolute Gasteiger partial charge is 0.313 e. The molecule has 0 atom stereocenters. The van der Waals surface area contributed by atoms with Crippen molar-refractivity contribution in [3.8, 4) is 39.1 Å². The molecule has 0 N–H and O–H groups in total. The van der Waals surface area contributed by atoms with Crippen LogP contribution in [-0.2, 0) is 18.3 Å². The molecule has 1 heterocycles. The van der Waals surface area contributed by atoms with Gasteiger partial charge in [-0.2, -0.15) is 0 Å². The molecule has 7 aromatic carbocycles. The van der Waals surface area contributed by atoms with E-state index in [4.69, 9.17) is 0 Å². The van der Waals surface area contributed by atoms with E-state index in [9.17, 15) is 0 Å². The first kappa shape index (κ1) is 31.6. The van der Waals surface area contributed by atoms with Crippen LogP contribution >= 0.6 is 0 Å². The summed E-state index contributed by atoms with van der Waals surface area (Å²) in [6.07, 6.45) is 4.85. The maximum Gasteiger partial charge on any atom is 0.0534 e. The molecule has 0 unspecified atom stereocenters. The average molecular weight is 683 g/mol. The number of para-hydroxylation sites is 1. The highest BCUT2D eigenvalue weighted by atomic mass is 15.1. The standard InChI is InChI=1S/C51H42N2/c1-51(2)47-33-41(29-31-43(47)44-32-30-42(34-48(44)51)53-49-19-11-9-17-45(49)46-18-10-12-20-50(46)53)52(39-25-21-37(22-26-39)35-13-5-3-6-14-35)40-27-23-38(24-28-40)36-15-7-4-8-16-36/h3-9,11,13-17,19,21-34H,10,12,18,20H2,1-2H3. The molecule has 0 fully saturated rings. The van der Waals surface area contributed by atoms with E-state index in [1.807, 2.05) is 0 Å². The molecule has 0 spiro atoms. The maximum atomic E-state index is 2.56. The molecule has 2 aliphatic carbocycles. The van der Waals surface area contributed by atoms with E-state index < -0.39 is 0 Å². The molecule has 53 heavy (non-hydrogen) atoms. The molecule has 0 aliphatic heterocycles. The number of anilines is 3. The van der Waals surface area contributed by atoms with Crippen LogP contribution in [0, 0.1) is 0 Å². The van der Waals surface area contributed by atoms with Gasteiger partial charge in [-0.15, -0.1) is 0 Å². The summed E-state index contributed by atoms with van der Waals surface area (Å²) in [5, 5.41) is 1.42. The van der Waals surface area contributed by atoms with Crippen LogP contribution in [0.1, 0.15) is 49.1 Å². The van der Waals surface area contributed by atoms with Crippen LogP contribution in [0.3, 0.4) is 0 Å². The van der Waals surface area contributed by atoms with E-state index in [-0.39, 0.29) is 5.41 Å². The average Bonchev–Trinajstić information content (AvgIpc) is 3.67. The van der Waals surface area contributed by atoms with Crippen molar-refractivity contribution in [2.45, 2.75) is 44.9 Å². The number of hydrogen-bond acceptors (Lipinski definition) is 1. The Hall–Kier alpha value is -6.12. The number of aryl methyl sites for hydroxylation is 1. The van der Waals surface area contributed by atoms with Crippen molar-refractivity contribution in [1.29, 1.82) is 0 Å². The molecule has 2 heteroatoms. The Morgan fingerprint density at radius 1 is 0.472 bits per heavy atom. The fraction of sp³-hybridized carbons (Fsp3) is 0.137. The van der Waals surface area contributed by atoms with Crippen LogP contribution in [0.25, 0.3) is 50.0 Å². The Balaban J connectivity index is 1.07. The van der Waals surface area contributed by atoms with Gasteiger partial charge < -0.3 is 9.47 Å². The number of fused-ring (bicyclic) bond motifs is 6. The van der Waals surface area contributed by atoms with Crippen LogP contribution in [0.5, 0.6) is 0 Å². The monoisotopic (exact) mass is 682 g/mol. The van der Waals surface area contributed by atoms with Crippen LogP contribution < -0.4 is 4.90 Å². The van der Waals surface area contributed by atoms with Crippen LogP contribution in [0.15, 0.2) is 170 Å². The zero-order valence-corrected chi connectivity index (χ0v) is 30.4. The van der Waals surface area contributed by atoms with Crippen molar-refractivity contribution in [3.05, 3.63) is 192 Å². The molecule has 10 rings (SSSR count). The molecule has 1 aromatic heterocycles. The first-order valence-corrected chi connectivity index (χ1v) is 19.1. The predicted molar refractivity (Wildman–Crippen MR) is 223 cm³/mol. The molecule has 2 nitrogen and oxygen atoms in total. The van der Waals surface area contributed by atoms with Gasteiger partial charge in [0.05, 0.1) is 5.52 Å². The van der Waals surface area contributed by atoms with Crippen molar-refractivity contribution in [1.82, 2.24) is 4.57 Å². The van der Waals surface area contributed by atoms with Gasteiger partial charge in [0.2, 0.25) is 0 Å². The lowest BCUT2D eigenvalue weighted by molar-refractivity contribution is 0.656. The first-order valence-electron chi connectivity index (χ1n) is 19.1. The minimum atomic E-state index is -0.167. The number of nitrogens with zero attached hydrogens (tertiary/aromatic N) is 2. The van der Waals surface area contributed by atoms with Crippen molar-refractivity contribution >= 4 is 28.0 Å². The van der Waals surface area contributed by atoms with E-state index in [1.165, 1.54) is 86.1 Å². The zero-order valence-electron chi connectivity index (χ0n) is 30.4. The topological polar surface area (TPSA) is 8.17 Å². The van der Waals surface area contributed by atoms with Gasteiger partial charge in [-0.05, 0) is 130 Å². The molecule has 8 aromatic rings. The summed E-state index contributed by atoms with van der Waals surface area (Å²) in [6.45, 7) is 4.81. The summed E-state index contributed by atoms with van der Waals surface area (Å²) < 4.78 is 2.56. The summed E-state index contributed by atoms with van der Waals surface area (Å²) >= 11 is 0. The Labute approximate surface area is 312 Å². The van der Waals surface area contributed by atoms with Gasteiger partial charge in [0.1, 0.15) is 0 Å². The van der Waals surface area contributed by atoms with Crippen molar-refractivity contribution < 1.29 is 0 Å². The molecule has 2 aliphatic rings. The predicted octanol–water partition coefficient (Wildman–Crippen LogP) is 13.6. The lowest BCUT2D eigenvalue weighted by Gasteiger charge is -2.28. The van der Waals surface area contributed by atoms with Gasteiger partial charge in [-0.1, -0.05) is 129 Å². The highest BCUT2D eigenvalue weighted by molar-refractivity contribution is 5.90. The lowest BCUT2D eigenvalue weighted by atomic mass is 9.82. The van der Waals surface area contributed by atoms with Crippen LogP contribution in [0.4, 0.5) is 17.1 Å². The van der Waals surface area contributed by atoms with Gasteiger partial charge in [0.15, 0.2) is 0 Å². The molecule has 0 amide bonds. The van der Waals surface area contributed by atoms with E-state index in [0.717, 1.165) is 23.5 Å². The van der Waals surface area contributed by atoms with Gasteiger partial charge in [-0.3, -0.25) is 0 Å². The summed E-state index contributed by atoms with van der Waals surface area (Å²) in [7, 11) is 0. The van der Waals surface area contributed by atoms with Crippen LogP contribution in [-0.4, -0.2) is 4.57 Å². The first-order chi connectivity index (χ1) is 26.0. The fourth-order valence-corrected chi connectivity index (χ4v) is 9.10. The van der Waals surface area contributed by atoms with E-state index >= 15 is 0 Å². The molecule has 0 saturated heterocycles. The number of benzene rings is 7. The Morgan fingerprint density at radius 2 is 0.981 bits per heavy atom. The van der Waals surface area contributed by atoms with Gasteiger partial charge in [0.25, 0.3) is 0 Å². The van der Waals surface area contributed by atoms with Crippen LogP contribution in [0.2, 0.25) is 0 Å². The number of hydrogen-bond donors (Lipinski definition) is 0. The quantitative estimate of drug-likeness (QED) is 0.169. The Morgan fingerprint density at radius 3 is 1.62 bits per heavy atom. The molecule has 0 bridgehead atoms. The highest BCUT2D eigenvalue weighted by Gasteiger charge is 2.37. The zero-order chi connectivity index (χ0) is 35.5. The second kappa shape index (κ2) is 12.5. The third-order valence-electron chi connectivity index (χ3n) is 11.8. The molecule has 256 valence electrons. The Kier molecular flexibility index (Phi) is 7.47. The molecular weight excluding hydrogens is 641 g/mol. The SMILES string of the molecule is CC1(C)c2cc(N(c3ccc(-c4ccccc4)cc3)c3ccc(-c4ccccc4)cc3)ccc2-c2ccc(-n3c4c(c5ccccc53)CCCC4)cc21. The summed E-state index contributed by atoms with van der Waals surface area (Å²) in [5.41, 5.74) is 19.3. The van der Waals surface area contributed by atoms with Gasteiger partial charge in [-0.25, -0.2) is 0 Å². The van der Waals surface area contributed by atoms with Crippen molar-refractivity contribution in [2.75, 3.05) is 4.90 Å². The van der Waals surface area contributed by atoms with Gasteiger partial charge >= 0.3 is 0 Å². The minimum Gasteiger partial charge on any atom is -0.313 e. The molecule has 0 saturated carbocycles. The van der Waals surface area contributed by atoms with Gasteiger partial charge in [0, 0.05) is 39.2 Å². The third-order valence-corrected chi connectivity index (χ3v) is 11.8. The van der Waals surface area contributed by atoms with Crippen molar-refractivity contribution in [3.63, 3.8) is 0 Å². The minimum absolute atomic E-state index is 0.167. The Bertz CT molecular complexity index is 2530. The number of rotatable bonds is 6. The molecular formula is C51H42N2. The summed E-state index contributed by atoms with van der Waals surface area (Å²) in [5.74, 6) is 0.